The highest BCUT2D eigenvalue weighted by atomic mass is 79.9. The first kappa shape index (κ1) is 14.2. The smallest absolute Gasteiger partial charge is 0.0397 e. The molecule has 0 spiro atoms. The maximum Gasteiger partial charge on any atom is 0.0397 e. The summed E-state index contributed by atoms with van der Waals surface area (Å²) in [5, 5.41) is 5.76. The second-order valence-corrected chi connectivity index (χ2v) is 7.18. The van der Waals surface area contributed by atoms with Gasteiger partial charge in [-0.2, -0.15) is 0 Å². The molecular weight excluding hydrogens is 282 g/mol. The first-order valence-corrected chi connectivity index (χ1v) is 7.48. The average Bonchev–Trinajstić information content (AvgIpc) is 2.61. The minimum atomic E-state index is 0.345. The predicted molar refractivity (Wildman–Crippen MR) is 77.1 cm³/mol. The van der Waals surface area contributed by atoms with E-state index in [-0.39, 0.29) is 0 Å². The van der Waals surface area contributed by atoms with Gasteiger partial charge in [0.25, 0.3) is 0 Å². The molecule has 0 bridgehead atoms. The summed E-state index contributed by atoms with van der Waals surface area (Å²) in [6.07, 6.45) is 0. The fourth-order valence-corrected chi connectivity index (χ4v) is 3.08. The summed E-state index contributed by atoms with van der Waals surface area (Å²) in [7, 11) is 0. The molecule has 1 aromatic rings. The molecule has 0 radical (unpaired) electrons. The van der Waals surface area contributed by atoms with E-state index in [4.69, 9.17) is 0 Å². The van der Waals surface area contributed by atoms with Crippen molar-refractivity contribution in [2.24, 2.45) is 11.3 Å². The zero-order chi connectivity index (χ0) is 12.3. The Morgan fingerprint density at radius 2 is 2.00 bits per heavy atom. The Morgan fingerprint density at radius 1 is 1.38 bits per heavy atom. The van der Waals surface area contributed by atoms with Gasteiger partial charge in [0.2, 0.25) is 0 Å². The van der Waals surface area contributed by atoms with Gasteiger partial charge in [-0.25, -0.2) is 0 Å². The SMILES string of the molecule is CC(NCC(C)(C)C(C)C)c1sccc1Br. The molecule has 0 aliphatic rings. The molecule has 0 amide bonds. The second kappa shape index (κ2) is 5.65. The summed E-state index contributed by atoms with van der Waals surface area (Å²) >= 11 is 5.39. The first-order valence-electron chi connectivity index (χ1n) is 5.81. The summed E-state index contributed by atoms with van der Waals surface area (Å²) in [5.41, 5.74) is 0.345. The van der Waals surface area contributed by atoms with Crippen molar-refractivity contribution in [2.45, 2.75) is 40.7 Å². The van der Waals surface area contributed by atoms with E-state index in [9.17, 15) is 0 Å². The Hall–Kier alpha value is 0.140. The van der Waals surface area contributed by atoms with Gasteiger partial charge in [0.1, 0.15) is 0 Å². The van der Waals surface area contributed by atoms with Crippen LogP contribution in [0.5, 0.6) is 0 Å². The molecule has 1 N–H and O–H groups in total. The van der Waals surface area contributed by atoms with E-state index < -0.39 is 0 Å². The van der Waals surface area contributed by atoms with Crippen LogP contribution < -0.4 is 5.32 Å². The molecule has 0 aliphatic carbocycles. The van der Waals surface area contributed by atoms with E-state index in [1.807, 2.05) is 11.3 Å². The van der Waals surface area contributed by atoms with Crippen LogP contribution in [-0.4, -0.2) is 6.54 Å². The summed E-state index contributed by atoms with van der Waals surface area (Å²) in [6, 6.07) is 2.54. The molecule has 16 heavy (non-hydrogen) atoms. The van der Waals surface area contributed by atoms with Gasteiger partial charge in [0.15, 0.2) is 0 Å². The van der Waals surface area contributed by atoms with Crippen LogP contribution in [-0.2, 0) is 0 Å². The highest BCUT2D eigenvalue weighted by Crippen LogP contribution is 2.30. The van der Waals surface area contributed by atoms with Crippen molar-refractivity contribution in [1.29, 1.82) is 0 Å². The van der Waals surface area contributed by atoms with E-state index in [0.29, 0.717) is 17.4 Å². The van der Waals surface area contributed by atoms with Crippen molar-refractivity contribution in [1.82, 2.24) is 5.32 Å². The van der Waals surface area contributed by atoms with Crippen molar-refractivity contribution in [2.75, 3.05) is 6.54 Å². The molecule has 3 heteroatoms. The van der Waals surface area contributed by atoms with Crippen molar-refractivity contribution in [3.63, 3.8) is 0 Å². The van der Waals surface area contributed by atoms with Gasteiger partial charge in [-0.15, -0.1) is 11.3 Å². The third kappa shape index (κ3) is 3.57. The van der Waals surface area contributed by atoms with E-state index in [2.05, 4.69) is 67.3 Å². The molecule has 1 aromatic heterocycles. The zero-order valence-electron chi connectivity index (χ0n) is 10.8. The Bertz CT molecular complexity index is 330. The number of thiophene rings is 1. The highest BCUT2D eigenvalue weighted by Gasteiger charge is 2.23. The van der Waals surface area contributed by atoms with Gasteiger partial charge in [0, 0.05) is 21.9 Å². The fourth-order valence-electron chi connectivity index (χ4n) is 1.33. The standard InChI is InChI=1S/C13H22BrNS/c1-9(2)13(4,5)8-15-10(3)12-11(14)6-7-16-12/h6-7,9-10,15H,8H2,1-5H3. The monoisotopic (exact) mass is 303 g/mol. The molecule has 92 valence electrons. The third-order valence-corrected chi connectivity index (χ3v) is 5.52. The lowest BCUT2D eigenvalue weighted by atomic mass is 9.81. The van der Waals surface area contributed by atoms with Crippen molar-refractivity contribution >= 4 is 27.3 Å². The van der Waals surface area contributed by atoms with Gasteiger partial charge in [-0.3, -0.25) is 0 Å². The van der Waals surface area contributed by atoms with E-state index >= 15 is 0 Å². The van der Waals surface area contributed by atoms with Gasteiger partial charge < -0.3 is 5.32 Å². The number of rotatable bonds is 5. The Morgan fingerprint density at radius 3 is 2.44 bits per heavy atom. The molecule has 1 heterocycles. The van der Waals surface area contributed by atoms with Gasteiger partial charge in [0.05, 0.1) is 0 Å². The van der Waals surface area contributed by atoms with Crippen LogP contribution in [0.15, 0.2) is 15.9 Å². The van der Waals surface area contributed by atoms with Gasteiger partial charge in [-0.1, -0.05) is 27.7 Å². The van der Waals surface area contributed by atoms with E-state index in [0.717, 1.165) is 6.54 Å². The lowest BCUT2D eigenvalue weighted by Crippen LogP contribution is -2.34. The Balaban J connectivity index is 2.54. The normalized spacial score (nSPS) is 14.4. The summed E-state index contributed by atoms with van der Waals surface area (Å²) in [6.45, 7) is 12.5. The van der Waals surface area contributed by atoms with Crippen molar-refractivity contribution in [3.8, 4) is 0 Å². The fraction of sp³-hybridized carbons (Fsp3) is 0.692. The van der Waals surface area contributed by atoms with Crippen LogP contribution in [0.2, 0.25) is 0 Å². The molecule has 0 saturated carbocycles. The maximum absolute atomic E-state index is 3.63. The van der Waals surface area contributed by atoms with Crippen LogP contribution in [0.4, 0.5) is 0 Å². The Labute approximate surface area is 112 Å². The highest BCUT2D eigenvalue weighted by molar-refractivity contribution is 9.10. The minimum absolute atomic E-state index is 0.345. The van der Waals surface area contributed by atoms with Gasteiger partial charge in [-0.05, 0) is 45.6 Å². The quantitative estimate of drug-likeness (QED) is 0.820. The summed E-state index contributed by atoms with van der Waals surface area (Å²) < 4.78 is 1.22. The predicted octanol–water partition coefficient (Wildman–Crippen LogP) is 4.84. The first-order chi connectivity index (χ1) is 7.34. The molecule has 0 saturated heterocycles. The summed E-state index contributed by atoms with van der Waals surface area (Å²) in [4.78, 5) is 1.39. The van der Waals surface area contributed by atoms with Crippen LogP contribution in [0.25, 0.3) is 0 Å². The zero-order valence-corrected chi connectivity index (χ0v) is 13.2. The average molecular weight is 304 g/mol. The maximum atomic E-state index is 3.63. The van der Waals surface area contributed by atoms with Crippen LogP contribution in [0.3, 0.4) is 0 Å². The Kier molecular flexibility index (Phi) is 5.02. The molecule has 1 nitrogen and oxygen atoms in total. The molecule has 0 aromatic carbocycles. The molecule has 0 aliphatic heterocycles. The topological polar surface area (TPSA) is 12.0 Å². The second-order valence-electron chi connectivity index (χ2n) is 5.38. The van der Waals surface area contributed by atoms with Crippen LogP contribution in [0, 0.1) is 11.3 Å². The largest absolute Gasteiger partial charge is 0.309 e. The molecular formula is C13H22BrNS. The van der Waals surface area contributed by atoms with Crippen LogP contribution in [0.1, 0.15) is 45.5 Å². The lowest BCUT2D eigenvalue weighted by molar-refractivity contribution is 0.231. The molecule has 1 atom stereocenters. The van der Waals surface area contributed by atoms with Crippen LogP contribution >= 0.6 is 27.3 Å². The number of halogens is 1. The third-order valence-electron chi connectivity index (χ3n) is 3.46. The van der Waals surface area contributed by atoms with Crippen molar-refractivity contribution in [3.05, 3.63) is 20.8 Å². The minimum Gasteiger partial charge on any atom is -0.309 e. The molecule has 1 rings (SSSR count). The number of hydrogen-bond donors (Lipinski definition) is 1. The summed E-state index contributed by atoms with van der Waals surface area (Å²) in [5.74, 6) is 0.693. The molecule has 0 fully saturated rings. The lowest BCUT2D eigenvalue weighted by Gasteiger charge is -2.31. The van der Waals surface area contributed by atoms with Crippen molar-refractivity contribution < 1.29 is 0 Å². The number of nitrogens with one attached hydrogen (secondary N) is 1. The van der Waals surface area contributed by atoms with E-state index in [1.165, 1.54) is 9.35 Å². The van der Waals surface area contributed by atoms with Gasteiger partial charge >= 0.3 is 0 Å². The molecule has 1 unspecified atom stereocenters. The van der Waals surface area contributed by atoms with E-state index in [1.54, 1.807) is 0 Å². The number of hydrogen-bond acceptors (Lipinski definition) is 2.